The molecular weight excluding hydrogens is 249 g/mol. The van der Waals surface area contributed by atoms with Crippen molar-refractivity contribution in [1.29, 1.82) is 0 Å². The van der Waals surface area contributed by atoms with Gasteiger partial charge < -0.3 is 19.1 Å². The van der Waals surface area contributed by atoms with Crippen LogP contribution in [0, 0.1) is 0 Å². The van der Waals surface area contributed by atoms with Gasteiger partial charge in [0.2, 0.25) is 5.91 Å². The molecule has 100 valence electrons. The van der Waals surface area contributed by atoms with Gasteiger partial charge in [-0.15, -0.1) is 0 Å². The molecule has 1 amide bonds. The Hall–Kier alpha value is -0.910. The molecule has 0 atom stereocenters. The Morgan fingerprint density at radius 1 is 1.18 bits per heavy atom. The van der Waals surface area contributed by atoms with Gasteiger partial charge in [-0.1, -0.05) is 0 Å². The lowest BCUT2D eigenvalue weighted by molar-refractivity contribution is -0.140. The SMILES string of the molecule is CCOP(=O)(CC(=O)NCC(=O)OC)OCC. The molecule has 0 aliphatic rings. The molecule has 8 heteroatoms. The van der Waals surface area contributed by atoms with Crippen LogP contribution >= 0.6 is 7.60 Å². The van der Waals surface area contributed by atoms with Crippen LogP contribution in [0.2, 0.25) is 0 Å². The van der Waals surface area contributed by atoms with Crippen molar-refractivity contribution in [2.45, 2.75) is 13.8 Å². The third-order valence-corrected chi connectivity index (χ3v) is 3.62. The van der Waals surface area contributed by atoms with Crippen LogP contribution in [0.15, 0.2) is 0 Å². The summed E-state index contributed by atoms with van der Waals surface area (Å²) in [7, 11) is -2.20. The molecule has 0 heterocycles. The van der Waals surface area contributed by atoms with Gasteiger partial charge in [0.05, 0.1) is 20.3 Å². The number of ether oxygens (including phenoxy) is 1. The van der Waals surface area contributed by atoms with Crippen LogP contribution < -0.4 is 5.32 Å². The molecule has 0 saturated heterocycles. The quantitative estimate of drug-likeness (QED) is 0.510. The van der Waals surface area contributed by atoms with Crippen molar-refractivity contribution < 1.29 is 27.9 Å². The van der Waals surface area contributed by atoms with E-state index in [0.29, 0.717) is 0 Å². The van der Waals surface area contributed by atoms with Crippen LogP contribution in [0.3, 0.4) is 0 Å². The van der Waals surface area contributed by atoms with E-state index in [1.54, 1.807) is 13.8 Å². The van der Waals surface area contributed by atoms with Crippen LogP contribution in [0.4, 0.5) is 0 Å². The smallest absolute Gasteiger partial charge is 0.340 e. The molecule has 0 aromatic rings. The van der Waals surface area contributed by atoms with E-state index in [9.17, 15) is 14.2 Å². The van der Waals surface area contributed by atoms with Gasteiger partial charge in [0.1, 0.15) is 12.7 Å². The largest absolute Gasteiger partial charge is 0.468 e. The van der Waals surface area contributed by atoms with Crippen molar-refractivity contribution in [3.8, 4) is 0 Å². The van der Waals surface area contributed by atoms with E-state index in [1.165, 1.54) is 7.11 Å². The normalized spacial score (nSPS) is 11.0. The molecule has 0 bridgehead atoms. The highest BCUT2D eigenvalue weighted by Crippen LogP contribution is 2.47. The molecule has 0 aliphatic heterocycles. The summed E-state index contributed by atoms with van der Waals surface area (Å²) in [5.74, 6) is -1.17. The van der Waals surface area contributed by atoms with E-state index in [0.717, 1.165) is 0 Å². The molecule has 0 spiro atoms. The fourth-order valence-electron chi connectivity index (χ4n) is 0.997. The molecule has 0 saturated carbocycles. The van der Waals surface area contributed by atoms with Crippen molar-refractivity contribution in [1.82, 2.24) is 5.32 Å². The third-order valence-electron chi connectivity index (χ3n) is 1.65. The van der Waals surface area contributed by atoms with Gasteiger partial charge in [-0.3, -0.25) is 14.2 Å². The number of rotatable bonds is 8. The zero-order chi connectivity index (χ0) is 13.3. The van der Waals surface area contributed by atoms with Crippen LogP contribution in [-0.2, 0) is 27.9 Å². The van der Waals surface area contributed by atoms with Crippen LogP contribution in [0.25, 0.3) is 0 Å². The Labute approximate surface area is 100 Å². The predicted octanol–water partition coefficient (Wildman–Crippen LogP) is 0.542. The Kier molecular flexibility index (Phi) is 7.78. The molecule has 0 unspecified atom stereocenters. The number of hydrogen-bond acceptors (Lipinski definition) is 6. The molecule has 7 nitrogen and oxygen atoms in total. The molecule has 17 heavy (non-hydrogen) atoms. The van der Waals surface area contributed by atoms with Gasteiger partial charge in [-0.2, -0.15) is 0 Å². The molecule has 0 aromatic carbocycles. The summed E-state index contributed by atoms with van der Waals surface area (Å²) in [4.78, 5) is 22.1. The van der Waals surface area contributed by atoms with E-state index in [4.69, 9.17) is 9.05 Å². The average Bonchev–Trinajstić information content (AvgIpc) is 2.26. The predicted molar refractivity (Wildman–Crippen MR) is 60.8 cm³/mol. The standard InChI is InChI=1S/C9H18NO6P/c1-4-15-17(13,16-5-2)7-8(11)10-6-9(12)14-3/h4-7H2,1-3H3,(H,10,11). The fourth-order valence-corrected chi connectivity index (χ4v) is 2.50. The van der Waals surface area contributed by atoms with Crippen molar-refractivity contribution in [2.24, 2.45) is 0 Å². The van der Waals surface area contributed by atoms with E-state index < -0.39 is 25.6 Å². The highest BCUT2D eigenvalue weighted by atomic mass is 31.2. The summed E-state index contributed by atoms with van der Waals surface area (Å²) in [5, 5.41) is 2.26. The average molecular weight is 267 g/mol. The van der Waals surface area contributed by atoms with Crippen molar-refractivity contribution in [2.75, 3.05) is 33.0 Å². The Morgan fingerprint density at radius 3 is 2.12 bits per heavy atom. The first-order valence-electron chi connectivity index (χ1n) is 5.19. The maximum Gasteiger partial charge on any atom is 0.340 e. The minimum absolute atomic E-state index is 0.182. The second kappa shape index (κ2) is 8.22. The number of methoxy groups -OCH3 is 1. The molecular formula is C9H18NO6P. The van der Waals surface area contributed by atoms with Crippen LogP contribution in [-0.4, -0.2) is 44.9 Å². The highest BCUT2D eigenvalue weighted by Gasteiger charge is 2.27. The van der Waals surface area contributed by atoms with Gasteiger partial charge in [0, 0.05) is 0 Å². The van der Waals surface area contributed by atoms with Crippen molar-refractivity contribution in [3.63, 3.8) is 0 Å². The molecule has 0 rings (SSSR count). The van der Waals surface area contributed by atoms with Gasteiger partial charge in [-0.05, 0) is 13.8 Å². The molecule has 1 N–H and O–H groups in total. The van der Waals surface area contributed by atoms with Gasteiger partial charge in [0.25, 0.3) is 0 Å². The summed E-state index contributed by atoms with van der Waals surface area (Å²) >= 11 is 0. The monoisotopic (exact) mass is 267 g/mol. The third kappa shape index (κ3) is 7.10. The molecule has 0 aliphatic carbocycles. The number of carbonyl (C=O) groups excluding carboxylic acids is 2. The second-order valence-corrected chi connectivity index (χ2v) is 5.01. The molecule has 0 radical (unpaired) electrons. The first-order valence-corrected chi connectivity index (χ1v) is 6.91. The van der Waals surface area contributed by atoms with E-state index >= 15 is 0 Å². The number of carbonyl (C=O) groups is 2. The number of nitrogens with one attached hydrogen (secondary N) is 1. The van der Waals surface area contributed by atoms with Crippen molar-refractivity contribution in [3.05, 3.63) is 0 Å². The maximum atomic E-state index is 11.9. The first-order chi connectivity index (χ1) is 7.97. The second-order valence-electron chi connectivity index (χ2n) is 2.96. The summed E-state index contributed by atoms with van der Waals surface area (Å²) in [6.45, 7) is 3.40. The minimum atomic E-state index is -3.41. The Balaban J connectivity index is 4.22. The molecule has 0 fully saturated rings. The highest BCUT2D eigenvalue weighted by molar-refractivity contribution is 7.54. The van der Waals surface area contributed by atoms with Crippen LogP contribution in [0.1, 0.15) is 13.8 Å². The fraction of sp³-hybridized carbons (Fsp3) is 0.778. The lowest BCUT2D eigenvalue weighted by atomic mass is 10.6. The van der Waals surface area contributed by atoms with Crippen LogP contribution in [0.5, 0.6) is 0 Å². The lowest BCUT2D eigenvalue weighted by Crippen LogP contribution is -2.32. The van der Waals surface area contributed by atoms with E-state index in [-0.39, 0.29) is 19.8 Å². The lowest BCUT2D eigenvalue weighted by Gasteiger charge is -2.16. The van der Waals surface area contributed by atoms with Gasteiger partial charge >= 0.3 is 13.6 Å². The number of amides is 1. The maximum absolute atomic E-state index is 11.9. The Bertz CT molecular complexity index is 296. The zero-order valence-corrected chi connectivity index (χ0v) is 11.1. The summed E-state index contributed by atoms with van der Waals surface area (Å²) in [5.41, 5.74) is 0. The summed E-state index contributed by atoms with van der Waals surface area (Å²) in [6.07, 6.45) is -0.411. The zero-order valence-electron chi connectivity index (χ0n) is 10.2. The minimum Gasteiger partial charge on any atom is -0.468 e. The van der Waals surface area contributed by atoms with Gasteiger partial charge in [-0.25, -0.2) is 0 Å². The van der Waals surface area contributed by atoms with Gasteiger partial charge in [0.15, 0.2) is 0 Å². The van der Waals surface area contributed by atoms with E-state index in [2.05, 4.69) is 10.1 Å². The first kappa shape index (κ1) is 16.1. The Morgan fingerprint density at radius 2 is 1.71 bits per heavy atom. The van der Waals surface area contributed by atoms with E-state index in [1.807, 2.05) is 0 Å². The number of hydrogen-bond donors (Lipinski definition) is 1. The molecule has 0 aromatic heterocycles. The summed E-state index contributed by atoms with van der Waals surface area (Å²) < 4.78 is 26.1. The topological polar surface area (TPSA) is 90.9 Å². The van der Waals surface area contributed by atoms with Crippen molar-refractivity contribution >= 4 is 19.5 Å². The summed E-state index contributed by atoms with van der Waals surface area (Å²) in [6, 6.07) is 0. The number of esters is 1.